The van der Waals surface area contributed by atoms with Crippen molar-refractivity contribution in [3.8, 4) is 11.5 Å². The van der Waals surface area contributed by atoms with Crippen molar-refractivity contribution >= 4 is 30.1 Å². The Kier molecular flexibility index (Phi) is 7.90. The van der Waals surface area contributed by atoms with E-state index in [2.05, 4.69) is 0 Å². The quantitative estimate of drug-likeness (QED) is 0.287. The number of phenolic OH excluding ortho intramolecular Hbond substituents is 2. The zero-order chi connectivity index (χ0) is 25.6. The van der Waals surface area contributed by atoms with Crippen molar-refractivity contribution in [2.45, 2.75) is 36.8 Å². The number of aliphatic hydroxyl groups excluding tert-OH is 1. The van der Waals surface area contributed by atoms with Crippen LogP contribution < -0.4 is 0 Å². The first-order chi connectivity index (χ1) is 16.6. The number of rotatable bonds is 7. The Morgan fingerprint density at radius 3 is 1.71 bits per heavy atom. The van der Waals surface area contributed by atoms with Gasteiger partial charge in [-0.1, -0.05) is 24.3 Å². The molecule has 184 valence electrons. The molecule has 1 aliphatic rings. The molecule has 35 heavy (non-hydrogen) atoms. The fraction of sp³-hybridized carbons (Fsp3) is 0.240. The summed E-state index contributed by atoms with van der Waals surface area (Å²) in [5, 5.41) is 48.8. The number of carbonyl (C=O) groups is 3. The van der Waals surface area contributed by atoms with E-state index in [-0.39, 0.29) is 11.5 Å². The number of esters is 2. The number of carboxylic acid groups (broad SMARTS) is 1. The average Bonchev–Trinajstić information content (AvgIpc) is 2.80. The smallest absolute Gasteiger partial charge is 0.335 e. The zero-order valence-corrected chi connectivity index (χ0v) is 18.4. The second-order valence-corrected chi connectivity index (χ2v) is 8.04. The highest BCUT2D eigenvalue weighted by Crippen LogP contribution is 2.33. The molecule has 2 aromatic carbocycles. The Labute approximate surface area is 200 Å². The predicted octanol–water partition coefficient (Wildman–Crippen LogP) is 1.62. The van der Waals surface area contributed by atoms with E-state index in [1.54, 1.807) is 12.1 Å². The minimum atomic E-state index is -2.39. The number of benzene rings is 2. The van der Waals surface area contributed by atoms with E-state index >= 15 is 0 Å². The van der Waals surface area contributed by atoms with Crippen molar-refractivity contribution in [1.82, 2.24) is 0 Å². The summed E-state index contributed by atoms with van der Waals surface area (Å²) in [7, 11) is 0. The lowest BCUT2D eigenvalue weighted by atomic mass is 9.79. The molecule has 0 bridgehead atoms. The summed E-state index contributed by atoms with van der Waals surface area (Å²) in [6, 6.07) is 11.8. The van der Waals surface area contributed by atoms with E-state index in [0.717, 1.165) is 12.2 Å². The van der Waals surface area contributed by atoms with Crippen molar-refractivity contribution < 1.29 is 49.4 Å². The number of hydrogen-bond donors (Lipinski definition) is 5. The van der Waals surface area contributed by atoms with Gasteiger partial charge in [0.1, 0.15) is 17.6 Å². The molecule has 0 saturated heterocycles. The maximum Gasteiger partial charge on any atom is 0.335 e. The number of aliphatic hydroxyl groups is 2. The van der Waals surface area contributed by atoms with Gasteiger partial charge in [-0.05, 0) is 47.5 Å². The maximum atomic E-state index is 12.4. The molecule has 10 nitrogen and oxygen atoms in total. The Bertz CT molecular complexity index is 1120. The third-order valence-corrected chi connectivity index (χ3v) is 5.36. The summed E-state index contributed by atoms with van der Waals surface area (Å²) in [6.07, 6.45) is -0.901. The van der Waals surface area contributed by atoms with Gasteiger partial charge >= 0.3 is 17.9 Å². The van der Waals surface area contributed by atoms with E-state index in [1.165, 1.54) is 48.6 Å². The number of carboxylic acids is 1. The molecule has 2 aromatic rings. The van der Waals surface area contributed by atoms with Gasteiger partial charge in [0.15, 0.2) is 11.7 Å². The molecular formula is C25H24O10. The zero-order valence-electron chi connectivity index (χ0n) is 18.4. The number of aliphatic carboxylic acids is 1. The molecule has 4 atom stereocenters. The maximum absolute atomic E-state index is 12.4. The fourth-order valence-corrected chi connectivity index (χ4v) is 3.54. The third kappa shape index (κ3) is 6.92. The number of aromatic hydroxyl groups is 2. The molecule has 0 unspecified atom stereocenters. The van der Waals surface area contributed by atoms with Crippen LogP contribution in [0.1, 0.15) is 24.0 Å². The van der Waals surface area contributed by atoms with Crippen LogP contribution >= 0.6 is 0 Å². The molecule has 1 fully saturated rings. The van der Waals surface area contributed by atoms with Gasteiger partial charge in [0.25, 0.3) is 0 Å². The summed E-state index contributed by atoms with van der Waals surface area (Å²) >= 11 is 0. The van der Waals surface area contributed by atoms with Crippen LogP contribution in [0.5, 0.6) is 11.5 Å². The third-order valence-electron chi connectivity index (χ3n) is 5.36. The number of phenols is 2. The largest absolute Gasteiger partial charge is 0.508 e. The molecule has 5 N–H and O–H groups in total. The van der Waals surface area contributed by atoms with Gasteiger partial charge in [-0.2, -0.15) is 0 Å². The first-order valence-electron chi connectivity index (χ1n) is 10.5. The van der Waals surface area contributed by atoms with Gasteiger partial charge < -0.3 is 35.0 Å². The van der Waals surface area contributed by atoms with Crippen molar-refractivity contribution in [2.24, 2.45) is 0 Å². The molecule has 3 rings (SSSR count). The second kappa shape index (κ2) is 10.9. The van der Waals surface area contributed by atoms with Gasteiger partial charge in [0, 0.05) is 25.0 Å². The van der Waals surface area contributed by atoms with E-state index in [9.17, 15) is 39.9 Å². The van der Waals surface area contributed by atoms with Crippen molar-refractivity contribution in [2.75, 3.05) is 0 Å². The van der Waals surface area contributed by atoms with Crippen LogP contribution in [0.3, 0.4) is 0 Å². The summed E-state index contributed by atoms with van der Waals surface area (Å²) in [4.78, 5) is 36.2. The molecule has 1 aliphatic carbocycles. The van der Waals surface area contributed by atoms with Gasteiger partial charge in [0.05, 0.1) is 6.10 Å². The van der Waals surface area contributed by atoms with E-state index in [0.29, 0.717) is 11.1 Å². The molecular weight excluding hydrogens is 460 g/mol. The molecule has 0 aromatic heterocycles. The fourth-order valence-electron chi connectivity index (χ4n) is 3.54. The lowest BCUT2D eigenvalue weighted by Crippen LogP contribution is -2.58. The van der Waals surface area contributed by atoms with Gasteiger partial charge in [-0.3, -0.25) is 0 Å². The normalized spacial score (nSPS) is 24.3. The van der Waals surface area contributed by atoms with Crippen LogP contribution in [0, 0.1) is 0 Å². The molecule has 10 heteroatoms. The van der Waals surface area contributed by atoms with Gasteiger partial charge in [0.2, 0.25) is 0 Å². The first-order valence-corrected chi connectivity index (χ1v) is 10.5. The Hall–Kier alpha value is -4.15. The molecule has 0 aliphatic heterocycles. The lowest BCUT2D eigenvalue weighted by molar-refractivity contribution is -0.204. The summed E-state index contributed by atoms with van der Waals surface area (Å²) in [5.74, 6) is -3.36. The van der Waals surface area contributed by atoms with E-state index in [1.807, 2.05) is 0 Å². The molecule has 0 amide bonds. The highest BCUT2D eigenvalue weighted by atomic mass is 16.6. The molecule has 0 heterocycles. The van der Waals surface area contributed by atoms with Crippen molar-refractivity contribution in [1.29, 1.82) is 0 Å². The van der Waals surface area contributed by atoms with Gasteiger partial charge in [-0.15, -0.1) is 0 Å². The topological polar surface area (TPSA) is 171 Å². The standard InChI is InChI=1S/C25H24O10/c26-17-7-1-15(2-8-17)5-11-21(29)34-20-14-25(33,24(31)32)13-19(28)23(20)35-22(30)12-6-16-3-9-18(27)10-4-16/h1-12,19-20,23,26-28,33H,13-14H2,(H,31,32)/t19-,20+,23-,25+/m1/s1. The number of ether oxygens (including phenoxy) is 2. The summed E-state index contributed by atoms with van der Waals surface area (Å²) in [5.41, 5.74) is -1.25. The summed E-state index contributed by atoms with van der Waals surface area (Å²) in [6.45, 7) is 0. The number of hydrogen-bond acceptors (Lipinski definition) is 9. The van der Waals surface area contributed by atoms with E-state index < -0.39 is 54.7 Å². The predicted molar refractivity (Wildman–Crippen MR) is 122 cm³/mol. The summed E-state index contributed by atoms with van der Waals surface area (Å²) < 4.78 is 10.5. The lowest BCUT2D eigenvalue weighted by Gasteiger charge is -2.40. The second-order valence-electron chi connectivity index (χ2n) is 8.04. The van der Waals surface area contributed by atoms with Gasteiger partial charge in [-0.25, -0.2) is 14.4 Å². The first kappa shape index (κ1) is 25.5. The van der Waals surface area contributed by atoms with Crippen LogP contribution in [-0.4, -0.2) is 67.4 Å². The Morgan fingerprint density at radius 2 is 1.26 bits per heavy atom. The van der Waals surface area contributed by atoms with Crippen molar-refractivity contribution in [3.63, 3.8) is 0 Å². The Morgan fingerprint density at radius 1 is 0.800 bits per heavy atom. The molecule has 0 radical (unpaired) electrons. The van der Waals surface area contributed by atoms with Crippen LogP contribution in [0.15, 0.2) is 60.7 Å². The van der Waals surface area contributed by atoms with Crippen LogP contribution in [0.4, 0.5) is 0 Å². The van der Waals surface area contributed by atoms with Crippen LogP contribution in [0.2, 0.25) is 0 Å². The van der Waals surface area contributed by atoms with Crippen LogP contribution in [-0.2, 0) is 23.9 Å². The Balaban J connectivity index is 1.73. The highest BCUT2D eigenvalue weighted by molar-refractivity contribution is 5.88. The molecule has 1 saturated carbocycles. The van der Waals surface area contributed by atoms with Crippen molar-refractivity contribution in [3.05, 3.63) is 71.8 Å². The van der Waals surface area contributed by atoms with E-state index in [4.69, 9.17) is 9.47 Å². The minimum Gasteiger partial charge on any atom is -0.508 e. The molecule has 0 spiro atoms. The monoisotopic (exact) mass is 484 g/mol. The SMILES string of the molecule is O=C(C=Cc1ccc(O)cc1)O[C@@H]1[C@H](O)C[C@@](O)(C(=O)O)C[C@@H]1OC(=O)C=Cc1ccc(O)cc1. The van der Waals surface area contributed by atoms with Crippen LogP contribution in [0.25, 0.3) is 12.2 Å². The number of carbonyl (C=O) groups excluding carboxylic acids is 2. The highest BCUT2D eigenvalue weighted by Gasteiger charge is 2.52. The average molecular weight is 484 g/mol. The minimum absolute atomic E-state index is 0.0398.